The van der Waals surface area contributed by atoms with Gasteiger partial charge in [-0.05, 0) is 31.0 Å². The monoisotopic (exact) mass is 346 g/mol. The molecule has 0 aliphatic carbocycles. The van der Waals surface area contributed by atoms with Crippen molar-refractivity contribution in [3.8, 4) is 0 Å². The molecule has 0 rings (SSSR count). The van der Waals surface area contributed by atoms with Crippen molar-refractivity contribution in [3.63, 3.8) is 0 Å². The molecule has 0 radical (unpaired) electrons. The number of methoxy groups -OCH3 is 1. The first-order chi connectivity index (χ1) is 10.2. The van der Waals surface area contributed by atoms with Gasteiger partial charge in [-0.25, -0.2) is 4.79 Å². The molecule has 136 valence electrons. The maximum Gasteiger partial charge on any atom is 0.331 e. The minimum absolute atomic E-state index is 0.000272. The fraction of sp³-hybridized carbons (Fsp3) is 0.875. The average molecular weight is 347 g/mol. The van der Waals surface area contributed by atoms with E-state index in [4.69, 9.17) is 14.9 Å². The molecule has 0 saturated heterocycles. The van der Waals surface area contributed by atoms with Crippen LogP contribution in [-0.2, 0) is 18.8 Å². The standard InChI is InChI=1S/C16H34N2O4Si/c1-10(2)12(17)14(19)18-13(15(20)21-7)11(3)22-23(8,9)16(4,5)6/h10-13H,17H2,1-9H3,(H,18,19)/t11-,12+,13+/m1/s1. The molecule has 0 aromatic rings. The highest BCUT2D eigenvalue weighted by Gasteiger charge is 2.41. The second-order valence-electron chi connectivity index (χ2n) is 7.86. The molecule has 0 aliphatic rings. The van der Waals surface area contributed by atoms with Crippen molar-refractivity contribution in [3.05, 3.63) is 0 Å². The average Bonchev–Trinajstić information content (AvgIpc) is 2.40. The second-order valence-corrected chi connectivity index (χ2v) is 12.6. The Morgan fingerprint density at radius 2 is 1.61 bits per heavy atom. The van der Waals surface area contributed by atoms with Gasteiger partial charge in [-0.15, -0.1) is 0 Å². The molecule has 7 heteroatoms. The van der Waals surface area contributed by atoms with E-state index in [0.29, 0.717) is 0 Å². The molecule has 23 heavy (non-hydrogen) atoms. The first-order valence-corrected chi connectivity index (χ1v) is 11.0. The molecular formula is C16H34N2O4Si. The van der Waals surface area contributed by atoms with Crippen LogP contribution in [0.5, 0.6) is 0 Å². The zero-order valence-corrected chi connectivity index (χ0v) is 17.0. The Kier molecular flexibility index (Phi) is 7.93. The van der Waals surface area contributed by atoms with E-state index in [0.717, 1.165) is 0 Å². The minimum atomic E-state index is -2.08. The molecule has 3 N–H and O–H groups in total. The van der Waals surface area contributed by atoms with Gasteiger partial charge in [0.05, 0.1) is 19.3 Å². The van der Waals surface area contributed by atoms with Crippen molar-refractivity contribution in [2.45, 2.75) is 77.9 Å². The van der Waals surface area contributed by atoms with E-state index in [-0.39, 0.29) is 16.9 Å². The molecule has 0 saturated carbocycles. The number of carbonyl (C=O) groups is 2. The number of hydrogen-bond acceptors (Lipinski definition) is 5. The zero-order valence-electron chi connectivity index (χ0n) is 16.0. The SMILES string of the molecule is COC(=O)[C@@H](NC(=O)[C@@H](N)C(C)C)[C@@H](C)O[Si](C)(C)C(C)(C)C. The Hall–Kier alpha value is -0.923. The Labute approximate surface area is 141 Å². The van der Waals surface area contributed by atoms with Crippen molar-refractivity contribution in [1.29, 1.82) is 0 Å². The lowest BCUT2D eigenvalue weighted by Gasteiger charge is -2.40. The number of rotatable bonds is 7. The normalized spacial score (nSPS) is 16.7. The third-order valence-electron chi connectivity index (χ3n) is 4.53. The molecule has 0 spiro atoms. The van der Waals surface area contributed by atoms with Gasteiger partial charge >= 0.3 is 5.97 Å². The van der Waals surface area contributed by atoms with E-state index in [1.54, 1.807) is 6.92 Å². The van der Waals surface area contributed by atoms with Gasteiger partial charge in [0, 0.05) is 0 Å². The largest absolute Gasteiger partial charge is 0.467 e. The summed E-state index contributed by atoms with van der Waals surface area (Å²) < 4.78 is 11.0. The summed E-state index contributed by atoms with van der Waals surface area (Å²) in [6, 6.07) is -1.55. The van der Waals surface area contributed by atoms with Crippen LogP contribution in [0.2, 0.25) is 18.1 Å². The first kappa shape index (κ1) is 22.1. The van der Waals surface area contributed by atoms with Crippen molar-refractivity contribution in [2.75, 3.05) is 7.11 Å². The second kappa shape index (κ2) is 8.26. The topological polar surface area (TPSA) is 90.7 Å². The molecule has 6 nitrogen and oxygen atoms in total. The zero-order chi connectivity index (χ0) is 18.6. The number of ether oxygens (including phenoxy) is 1. The van der Waals surface area contributed by atoms with Crippen LogP contribution in [0.3, 0.4) is 0 Å². The van der Waals surface area contributed by atoms with Gasteiger partial charge < -0.3 is 20.2 Å². The summed E-state index contributed by atoms with van der Waals surface area (Å²) in [5.74, 6) is -0.925. The predicted molar refractivity (Wildman–Crippen MR) is 94.5 cm³/mol. The molecule has 0 bridgehead atoms. The fourth-order valence-corrected chi connectivity index (χ4v) is 3.18. The van der Waals surface area contributed by atoms with Gasteiger partial charge in [0.15, 0.2) is 14.4 Å². The van der Waals surface area contributed by atoms with Gasteiger partial charge in [0.1, 0.15) is 0 Å². The number of carbonyl (C=O) groups excluding carboxylic acids is 2. The van der Waals surface area contributed by atoms with Crippen LogP contribution in [-0.4, -0.2) is 45.5 Å². The summed E-state index contributed by atoms with van der Waals surface area (Å²) >= 11 is 0. The highest BCUT2D eigenvalue weighted by atomic mass is 28.4. The first-order valence-electron chi connectivity index (χ1n) is 8.06. The molecule has 0 aliphatic heterocycles. The molecule has 3 atom stereocenters. The van der Waals surface area contributed by atoms with Crippen molar-refractivity contribution >= 4 is 20.2 Å². The van der Waals surface area contributed by atoms with Crippen LogP contribution >= 0.6 is 0 Å². The van der Waals surface area contributed by atoms with E-state index < -0.39 is 32.5 Å². The van der Waals surface area contributed by atoms with Crippen molar-refractivity contribution < 1.29 is 18.8 Å². The highest BCUT2D eigenvalue weighted by Crippen LogP contribution is 2.37. The Balaban J connectivity index is 5.19. The number of nitrogens with two attached hydrogens (primary N) is 1. The Bertz CT molecular complexity index is 419. The molecule has 1 amide bonds. The van der Waals surface area contributed by atoms with E-state index in [2.05, 4.69) is 39.2 Å². The van der Waals surface area contributed by atoms with Crippen molar-refractivity contribution in [1.82, 2.24) is 5.32 Å². The van der Waals surface area contributed by atoms with Gasteiger partial charge in [-0.1, -0.05) is 34.6 Å². The number of nitrogens with one attached hydrogen (secondary N) is 1. The number of hydrogen-bond donors (Lipinski definition) is 2. The van der Waals surface area contributed by atoms with Crippen LogP contribution in [0.15, 0.2) is 0 Å². The fourth-order valence-electron chi connectivity index (χ4n) is 1.76. The lowest BCUT2D eigenvalue weighted by atomic mass is 10.0. The summed E-state index contributed by atoms with van der Waals surface area (Å²) in [4.78, 5) is 24.3. The van der Waals surface area contributed by atoms with Crippen LogP contribution in [0, 0.1) is 5.92 Å². The molecule has 0 aromatic heterocycles. The quantitative estimate of drug-likeness (QED) is 0.544. The van der Waals surface area contributed by atoms with Gasteiger partial charge in [0.2, 0.25) is 5.91 Å². The van der Waals surface area contributed by atoms with Crippen molar-refractivity contribution in [2.24, 2.45) is 11.7 Å². The summed E-state index contributed by atoms with van der Waals surface area (Å²) in [5.41, 5.74) is 5.85. The third kappa shape index (κ3) is 6.23. The van der Waals surface area contributed by atoms with Crippen LogP contribution in [0.1, 0.15) is 41.5 Å². The number of amides is 1. The van der Waals surface area contributed by atoms with Crippen LogP contribution in [0.25, 0.3) is 0 Å². The summed E-state index contributed by atoms with van der Waals surface area (Å²) in [5, 5.41) is 2.68. The lowest BCUT2D eigenvalue weighted by Crippen LogP contribution is -2.57. The predicted octanol–water partition coefficient (Wildman–Crippen LogP) is 2.04. The molecule has 0 unspecified atom stereocenters. The molecule has 0 fully saturated rings. The highest BCUT2D eigenvalue weighted by molar-refractivity contribution is 6.74. The maximum atomic E-state index is 12.2. The van der Waals surface area contributed by atoms with Crippen LogP contribution < -0.4 is 11.1 Å². The Morgan fingerprint density at radius 1 is 1.13 bits per heavy atom. The summed E-state index contributed by atoms with van der Waals surface area (Å²) in [6.07, 6.45) is -0.494. The van der Waals surface area contributed by atoms with Gasteiger partial charge in [-0.2, -0.15) is 0 Å². The van der Waals surface area contributed by atoms with Gasteiger partial charge in [-0.3, -0.25) is 4.79 Å². The van der Waals surface area contributed by atoms with Crippen LogP contribution in [0.4, 0.5) is 0 Å². The molecule has 0 heterocycles. The third-order valence-corrected chi connectivity index (χ3v) is 9.10. The van der Waals surface area contributed by atoms with E-state index >= 15 is 0 Å². The Morgan fingerprint density at radius 3 is 1.96 bits per heavy atom. The van der Waals surface area contributed by atoms with E-state index in [1.165, 1.54) is 7.11 Å². The van der Waals surface area contributed by atoms with E-state index in [1.807, 2.05) is 13.8 Å². The summed E-state index contributed by atoms with van der Waals surface area (Å²) in [7, 11) is -0.785. The molecular weight excluding hydrogens is 312 g/mol. The summed E-state index contributed by atoms with van der Waals surface area (Å²) in [6.45, 7) is 16.0. The number of esters is 1. The minimum Gasteiger partial charge on any atom is -0.467 e. The molecule has 0 aromatic carbocycles. The van der Waals surface area contributed by atoms with E-state index in [9.17, 15) is 9.59 Å². The van der Waals surface area contributed by atoms with Gasteiger partial charge in [0.25, 0.3) is 0 Å². The smallest absolute Gasteiger partial charge is 0.331 e. The lowest BCUT2D eigenvalue weighted by molar-refractivity contribution is -0.148. The maximum absolute atomic E-state index is 12.2.